The Labute approximate surface area is 140 Å². The molecule has 24 heavy (non-hydrogen) atoms. The second kappa shape index (κ2) is 6.11. The standard InChI is InChI=1S/C18H20N4O2/c1-13(23)15-10-19-18-16(17(15)21-7-3-2-4-8-21)11-20-22(18)12-14-6-5-9-24-14/h5-6,9-11H,2-4,7-8,12H2,1H3. The van der Waals surface area contributed by atoms with Gasteiger partial charge >= 0.3 is 0 Å². The number of hydrogen-bond acceptors (Lipinski definition) is 5. The van der Waals surface area contributed by atoms with E-state index in [0.29, 0.717) is 12.1 Å². The summed E-state index contributed by atoms with van der Waals surface area (Å²) in [7, 11) is 0. The largest absolute Gasteiger partial charge is 0.467 e. The first-order chi connectivity index (χ1) is 11.7. The molecule has 0 spiro atoms. The molecule has 1 saturated heterocycles. The van der Waals surface area contributed by atoms with Crippen LogP contribution in [0.15, 0.2) is 35.2 Å². The average Bonchev–Trinajstić information content (AvgIpc) is 3.25. The van der Waals surface area contributed by atoms with Gasteiger partial charge < -0.3 is 9.32 Å². The number of ketones is 1. The Morgan fingerprint density at radius 2 is 2.08 bits per heavy atom. The molecule has 0 saturated carbocycles. The molecule has 4 rings (SSSR count). The van der Waals surface area contributed by atoms with Crippen molar-refractivity contribution in [2.75, 3.05) is 18.0 Å². The summed E-state index contributed by atoms with van der Waals surface area (Å²) in [6.45, 7) is 4.08. The van der Waals surface area contributed by atoms with Gasteiger partial charge in [0.2, 0.25) is 0 Å². The number of Topliss-reactive ketones (excluding diaryl/α,β-unsaturated/α-hetero) is 1. The number of anilines is 1. The minimum atomic E-state index is 0.0451. The topological polar surface area (TPSA) is 64.2 Å². The van der Waals surface area contributed by atoms with Crippen molar-refractivity contribution in [3.8, 4) is 0 Å². The van der Waals surface area contributed by atoms with Gasteiger partial charge in [0.05, 0.1) is 29.1 Å². The van der Waals surface area contributed by atoms with Crippen molar-refractivity contribution in [1.82, 2.24) is 14.8 Å². The molecule has 4 heterocycles. The minimum Gasteiger partial charge on any atom is -0.467 e. The quantitative estimate of drug-likeness (QED) is 0.689. The molecule has 0 aromatic carbocycles. The number of pyridine rings is 1. The van der Waals surface area contributed by atoms with E-state index in [-0.39, 0.29) is 5.78 Å². The third kappa shape index (κ3) is 2.58. The van der Waals surface area contributed by atoms with Crippen LogP contribution in [0.4, 0.5) is 5.69 Å². The van der Waals surface area contributed by atoms with Crippen molar-refractivity contribution in [1.29, 1.82) is 0 Å². The summed E-state index contributed by atoms with van der Waals surface area (Å²) in [4.78, 5) is 18.9. The van der Waals surface area contributed by atoms with Gasteiger partial charge in [-0.05, 0) is 38.3 Å². The summed E-state index contributed by atoms with van der Waals surface area (Å²) in [6, 6.07) is 3.78. The van der Waals surface area contributed by atoms with Crippen molar-refractivity contribution in [3.63, 3.8) is 0 Å². The van der Waals surface area contributed by atoms with Gasteiger partial charge in [-0.1, -0.05) is 0 Å². The van der Waals surface area contributed by atoms with Crippen molar-refractivity contribution in [3.05, 3.63) is 42.1 Å². The van der Waals surface area contributed by atoms with Gasteiger partial charge in [-0.15, -0.1) is 0 Å². The van der Waals surface area contributed by atoms with Crippen LogP contribution in [0.5, 0.6) is 0 Å². The monoisotopic (exact) mass is 324 g/mol. The van der Waals surface area contributed by atoms with Crippen LogP contribution in [0.2, 0.25) is 0 Å². The lowest BCUT2D eigenvalue weighted by atomic mass is 10.0. The molecular weight excluding hydrogens is 304 g/mol. The highest BCUT2D eigenvalue weighted by atomic mass is 16.3. The molecule has 1 aliphatic heterocycles. The Bertz CT molecular complexity index is 861. The smallest absolute Gasteiger partial charge is 0.163 e. The van der Waals surface area contributed by atoms with Crippen LogP contribution in [0.25, 0.3) is 11.0 Å². The molecule has 0 aliphatic carbocycles. The van der Waals surface area contributed by atoms with Crippen LogP contribution in [-0.4, -0.2) is 33.6 Å². The summed E-state index contributed by atoms with van der Waals surface area (Å²) in [5.74, 6) is 0.876. The van der Waals surface area contributed by atoms with Gasteiger partial charge in [0, 0.05) is 19.3 Å². The summed E-state index contributed by atoms with van der Waals surface area (Å²) >= 11 is 0. The molecule has 0 N–H and O–H groups in total. The maximum atomic E-state index is 12.1. The average molecular weight is 324 g/mol. The Balaban J connectivity index is 1.82. The van der Waals surface area contributed by atoms with Gasteiger partial charge in [-0.25, -0.2) is 9.67 Å². The number of rotatable bonds is 4. The number of carbonyl (C=O) groups is 1. The number of carbonyl (C=O) groups excluding carboxylic acids is 1. The molecule has 3 aromatic heterocycles. The lowest BCUT2D eigenvalue weighted by molar-refractivity contribution is 0.101. The van der Waals surface area contributed by atoms with Crippen molar-refractivity contribution in [2.24, 2.45) is 0 Å². The second-order valence-corrected chi connectivity index (χ2v) is 6.24. The second-order valence-electron chi connectivity index (χ2n) is 6.24. The molecule has 124 valence electrons. The van der Waals surface area contributed by atoms with Crippen LogP contribution in [-0.2, 0) is 6.54 Å². The molecule has 0 radical (unpaired) electrons. The zero-order valence-electron chi connectivity index (χ0n) is 13.7. The number of aromatic nitrogens is 3. The maximum Gasteiger partial charge on any atom is 0.163 e. The summed E-state index contributed by atoms with van der Waals surface area (Å²) in [5, 5.41) is 5.42. The van der Waals surface area contributed by atoms with E-state index in [1.807, 2.05) is 23.0 Å². The van der Waals surface area contributed by atoms with Crippen LogP contribution in [0, 0.1) is 0 Å². The van der Waals surface area contributed by atoms with E-state index in [4.69, 9.17) is 4.42 Å². The summed E-state index contributed by atoms with van der Waals surface area (Å²) in [5.41, 5.74) is 2.46. The van der Waals surface area contributed by atoms with Crippen molar-refractivity contribution >= 4 is 22.5 Å². The molecule has 1 fully saturated rings. The summed E-state index contributed by atoms with van der Waals surface area (Å²) < 4.78 is 7.24. The maximum absolute atomic E-state index is 12.1. The van der Waals surface area contributed by atoms with E-state index in [2.05, 4.69) is 15.0 Å². The lowest BCUT2D eigenvalue weighted by Crippen LogP contribution is -2.31. The Hall–Kier alpha value is -2.63. The third-order valence-corrected chi connectivity index (χ3v) is 4.58. The van der Waals surface area contributed by atoms with E-state index in [0.717, 1.165) is 48.4 Å². The molecule has 6 heteroatoms. The van der Waals surface area contributed by atoms with E-state index in [9.17, 15) is 4.79 Å². The fourth-order valence-electron chi connectivity index (χ4n) is 3.40. The highest BCUT2D eigenvalue weighted by molar-refractivity contribution is 6.06. The van der Waals surface area contributed by atoms with E-state index in [1.165, 1.54) is 6.42 Å². The predicted octanol–water partition coefficient (Wildman–Crippen LogP) is 3.27. The predicted molar refractivity (Wildman–Crippen MR) is 91.4 cm³/mol. The normalized spacial score (nSPS) is 15.1. The van der Waals surface area contributed by atoms with Gasteiger partial charge in [-0.2, -0.15) is 5.10 Å². The van der Waals surface area contributed by atoms with E-state index in [1.54, 1.807) is 19.4 Å². The number of fused-ring (bicyclic) bond motifs is 1. The van der Waals surface area contributed by atoms with Crippen molar-refractivity contribution in [2.45, 2.75) is 32.7 Å². The van der Waals surface area contributed by atoms with E-state index >= 15 is 0 Å². The molecule has 6 nitrogen and oxygen atoms in total. The highest BCUT2D eigenvalue weighted by Gasteiger charge is 2.22. The highest BCUT2D eigenvalue weighted by Crippen LogP contribution is 2.32. The minimum absolute atomic E-state index is 0.0451. The van der Waals surface area contributed by atoms with Crippen LogP contribution >= 0.6 is 0 Å². The zero-order valence-corrected chi connectivity index (χ0v) is 13.7. The summed E-state index contributed by atoms with van der Waals surface area (Å²) in [6.07, 6.45) is 8.72. The Morgan fingerprint density at radius 1 is 1.25 bits per heavy atom. The fourth-order valence-corrected chi connectivity index (χ4v) is 3.40. The first-order valence-electron chi connectivity index (χ1n) is 8.37. The molecule has 3 aromatic rings. The van der Waals surface area contributed by atoms with Crippen LogP contribution in [0.3, 0.4) is 0 Å². The number of furan rings is 1. The first-order valence-corrected chi connectivity index (χ1v) is 8.37. The van der Waals surface area contributed by atoms with Crippen LogP contribution < -0.4 is 4.90 Å². The molecule has 0 amide bonds. The molecule has 0 bridgehead atoms. The zero-order chi connectivity index (χ0) is 16.5. The number of nitrogens with zero attached hydrogens (tertiary/aromatic N) is 4. The molecule has 0 atom stereocenters. The Kier molecular flexibility index (Phi) is 3.80. The number of hydrogen-bond donors (Lipinski definition) is 0. The lowest BCUT2D eigenvalue weighted by Gasteiger charge is -2.30. The van der Waals surface area contributed by atoms with Gasteiger partial charge in [0.15, 0.2) is 11.4 Å². The first kappa shape index (κ1) is 14.9. The molecule has 0 unspecified atom stereocenters. The third-order valence-electron chi connectivity index (χ3n) is 4.58. The molecular formula is C18H20N4O2. The van der Waals surface area contributed by atoms with Gasteiger partial charge in [-0.3, -0.25) is 4.79 Å². The van der Waals surface area contributed by atoms with Crippen molar-refractivity contribution < 1.29 is 9.21 Å². The van der Waals surface area contributed by atoms with Gasteiger partial charge in [0.1, 0.15) is 12.3 Å². The fraction of sp³-hybridized carbons (Fsp3) is 0.389. The number of piperidine rings is 1. The van der Waals surface area contributed by atoms with E-state index < -0.39 is 0 Å². The van der Waals surface area contributed by atoms with Crippen LogP contribution in [0.1, 0.15) is 42.3 Å². The van der Waals surface area contributed by atoms with Gasteiger partial charge in [0.25, 0.3) is 0 Å². The SMILES string of the molecule is CC(=O)c1cnc2c(cnn2Cc2ccco2)c1N1CCCCC1. The molecule has 1 aliphatic rings. The Morgan fingerprint density at radius 3 is 2.79 bits per heavy atom.